The number of carbonyl (C=O) groups excluding carboxylic acids is 1. The number of amides is 1. The summed E-state index contributed by atoms with van der Waals surface area (Å²) in [7, 11) is 0. The summed E-state index contributed by atoms with van der Waals surface area (Å²) in [4.78, 5) is 24.7. The zero-order valence-corrected chi connectivity index (χ0v) is 24.2. The summed E-state index contributed by atoms with van der Waals surface area (Å²) >= 11 is 5.87. The SMILES string of the molecule is Cc1ccnc(-n2c(C)cc([C@@H]3[C@H](c4ccccn4)NC(=S)N3CCC(=O)Nc3cccc4ccccc34)c2C)c1. The number of fused-ring (bicyclic) bond motifs is 1. The highest BCUT2D eigenvalue weighted by Crippen LogP contribution is 2.41. The van der Waals surface area contributed by atoms with Crippen LogP contribution in [0.1, 0.15) is 46.7 Å². The minimum absolute atomic E-state index is 0.0568. The van der Waals surface area contributed by atoms with Gasteiger partial charge in [0, 0.05) is 47.8 Å². The Kier molecular flexibility index (Phi) is 7.24. The van der Waals surface area contributed by atoms with E-state index in [4.69, 9.17) is 12.2 Å². The normalized spacial score (nSPS) is 16.7. The Morgan fingerprint density at radius 3 is 2.56 bits per heavy atom. The molecule has 1 aliphatic heterocycles. The predicted molar refractivity (Wildman–Crippen MR) is 167 cm³/mol. The predicted octanol–water partition coefficient (Wildman–Crippen LogP) is 6.35. The zero-order chi connectivity index (χ0) is 28.5. The van der Waals surface area contributed by atoms with Crippen molar-refractivity contribution >= 4 is 39.7 Å². The highest BCUT2D eigenvalue weighted by Gasteiger charge is 2.41. The van der Waals surface area contributed by atoms with Crippen LogP contribution in [0.15, 0.2) is 91.3 Å². The van der Waals surface area contributed by atoms with E-state index < -0.39 is 0 Å². The maximum absolute atomic E-state index is 13.2. The Hall–Kier alpha value is -4.56. The van der Waals surface area contributed by atoms with Crippen molar-refractivity contribution < 1.29 is 4.79 Å². The average Bonchev–Trinajstić information content (AvgIpc) is 3.46. The van der Waals surface area contributed by atoms with Gasteiger partial charge < -0.3 is 20.1 Å². The van der Waals surface area contributed by atoms with Crippen molar-refractivity contribution in [3.63, 3.8) is 0 Å². The molecule has 4 heterocycles. The molecule has 2 aromatic carbocycles. The van der Waals surface area contributed by atoms with Crippen LogP contribution < -0.4 is 10.6 Å². The average molecular weight is 561 g/mol. The summed E-state index contributed by atoms with van der Waals surface area (Å²) in [5.74, 6) is 0.828. The molecule has 41 heavy (non-hydrogen) atoms. The second-order valence-electron chi connectivity index (χ2n) is 10.5. The molecule has 0 saturated carbocycles. The zero-order valence-electron chi connectivity index (χ0n) is 23.3. The third-order valence-corrected chi connectivity index (χ3v) is 8.11. The molecule has 0 aliphatic carbocycles. The summed E-state index contributed by atoms with van der Waals surface area (Å²) in [6, 6.07) is 25.9. The van der Waals surface area contributed by atoms with Crippen molar-refractivity contribution in [3.8, 4) is 5.82 Å². The number of benzene rings is 2. The van der Waals surface area contributed by atoms with Gasteiger partial charge in [-0.25, -0.2) is 4.98 Å². The number of carbonyl (C=O) groups is 1. The Balaban J connectivity index is 1.31. The summed E-state index contributed by atoms with van der Waals surface area (Å²) in [6.07, 6.45) is 3.93. The number of hydrogen-bond donors (Lipinski definition) is 2. The second-order valence-corrected chi connectivity index (χ2v) is 10.9. The van der Waals surface area contributed by atoms with Crippen LogP contribution >= 0.6 is 12.2 Å². The van der Waals surface area contributed by atoms with Gasteiger partial charge in [-0.05, 0) is 85.9 Å². The van der Waals surface area contributed by atoms with Crippen LogP contribution in [-0.2, 0) is 4.79 Å². The second kappa shape index (κ2) is 11.1. The molecule has 2 atom stereocenters. The molecule has 0 bridgehead atoms. The van der Waals surface area contributed by atoms with Crippen LogP contribution in [0.2, 0.25) is 0 Å². The molecule has 0 radical (unpaired) electrons. The summed E-state index contributed by atoms with van der Waals surface area (Å²) < 4.78 is 2.19. The molecular formula is C33H32N6OS. The summed E-state index contributed by atoms with van der Waals surface area (Å²) in [5.41, 5.74) is 6.17. The molecule has 1 saturated heterocycles. The standard InChI is InChI=1S/C33H32N6OS/c1-21-14-17-35-29(19-21)39-22(2)20-26(23(39)3)32-31(28-12-6-7-16-34-28)37-33(41)38(32)18-15-30(40)36-27-13-8-10-24-9-4-5-11-25(24)27/h4-14,16-17,19-20,31-32H,15,18H2,1-3H3,(H,36,40)(H,37,41)/t31-,32+/m0/s1. The van der Waals surface area contributed by atoms with Crippen molar-refractivity contribution in [1.29, 1.82) is 0 Å². The first-order valence-corrected chi connectivity index (χ1v) is 14.2. The van der Waals surface area contributed by atoms with E-state index in [0.717, 1.165) is 50.5 Å². The van der Waals surface area contributed by atoms with Crippen LogP contribution in [0.5, 0.6) is 0 Å². The third kappa shape index (κ3) is 5.18. The van der Waals surface area contributed by atoms with Crippen LogP contribution in [0.4, 0.5) is 5.69 Å². The minimum Gasteiger partial charge on any atom is -0.352 e. The fourth-order valence-corrected chi connectivity index (χ4v) is 6.17. The van der Waals surface area contributed by atoms with Crippen LogP contribution in [0, 0.1) is 20.8 Å². The van der Waals surface area contributed by atoms with Gasteiger partial charge in [-0.1, -0.05) is 42.5 Å². The summed E-state index contributed by atoms with van der Waals surface area (Å²) in [6.45, 7) is 6.75. The molecule has 8 heteroatoms. The lowest BCUT2D eigenvalue weighted by atomic mass is 9.96. The lowest BCUT2D eigenvalue weighted by Gasteiger charge is -2.28. The number of pyridine rings is 2. The van der Waals surface area contributed by atoms with E-state index in [9.17, 15) is 4.79 Å². The number of thiocarbonyl (C=S) groups is 1. The van der Waals surface area contributed by atoms with E-state index >= 15 is 0 Å². The van der Waals surface area contributed by atoms with Gasteiger partial charge in [0.2, 0.25) is 5.91 Å². The van der Waals surface area contributed by atoms with Gasteiger partial charge in [-0.15, -0.1) is 0 Å². The van der Waals surface area contributed by atoms with Gasteiger partial charge in [0.1, 0.15) is 5.82 Å². The van der Waals surface area contributed by atoms with Gasteiger partial charge in [0.25, 0.3) is 0 Å². The Morgan fingerprint density at radius 2 is 1.76 bits per heavy atom. The molecule has 5 aromatic rings. The van der Waals surface area contributed by atoms with Gasteiger partial charge in [0.05, 0.1) is 17.8 Å². The van der Waals surface area contributed by atoms with Gasteiger partial charge >= 0.3 is 0 Å². The largest absolute Gasteiger partial charge is 0.352 e. The molecule has 6 rings (SSSR count). The lowest BCUT2D eigenvalue weighted by molar-refractivity contribution is -0.116. The molecule has 1 aliphatic rings. The fourth-order valence-electron chi connectivity index (χ4n) is 5.84. The van der Waals surface area contributed by atoms with Crippen LogP contribution in [0.25, 0.3) is 16.6 Å². The highest BCUT2D eigenvalue weighted by molar-refractivity contribution is 7.80. The van der Waals surface area contributed by atoms with Gasteiger partial charge in [0.15, 0.2) is 5.11 Å². The summed E-state index contributed by atoms with van der Waals surface area (Å²) in [5, 5.41) is 9.35. The van der Waals surface area contributed by atoms with Crippen molar-refractivity contribution in [3.05, 3.63) is 119 Å². The topological polar surface area (TPSA) is 75.1 Å². The molecule has 0 unspecified atom stereocenters. The first-order chi connectivity index (χ1) is 19.9. The highest BCUT2D eigenvalue weighted by atomic mass is 32.1. The maximum Gasteiger partial charge on any atom is 0.226 e. The number of nitrogens with one attached hydrogen (secondary N) is 2. The smallest absolute Gasteiger partial charge is 0.226 e. The Bertz CT molecular complexity index is 1740. The van der Waals surface area contributed by atoms with Gasteiger partial charge in [-0.2, -0.15) is 0 Å². The minimum atomic E-state index is -0.163. The number of aromatic nitrogens is 3. The third-order valence-electron chi connectivity index (χ3n) is 7.76. The number of rotatable bonds is 7. The Labute approximate surface area is 245 Å². The van der Waals surface area contributed by atoms with E-state index in [2.05, 4.69) is 63.0 Å². The van der Waals surface area contributed by atoms with E-state index in [0.29, 0.717) is 11.7 Å². The van der Waals surface area contributed by atoms with E-state index in [1.54, 1.807) is 6.20 Å². The van der Waals surface area contributed by atoms with Crippen molar-refractivity contribution in [1.82, 2.24) is 24.8 Å². The molecule has 1 fully saturated rings. The van der Waals surface area contributed by atoms with Crippen LogP contribution in [-0.4, -0.2) is 37.0 Å². The Morgan fingerprint density at radius 1 is 0.951 bits per heavy atom. The lowest BCUT2D eigenvalue weighted by Crippen LogP contribution is -2.33. The number of nitrogens with zero attached hydrogens (tertiary/aromatic N) is 4. The first kappa shape index (κ1) is 26.7. The number of hydrogen-bond acceptors (Lipinski definition) is 4. The number of anilines is 1. The quantitative estimate of drug-likeness (QED) is 0.226. The van der Waals surface area contributed by atoms with E-state index in [-0.39, 0.29) is 24.4 Å². The van der Waals surface area contributed by atoms with E-state index in [1.165, 1.54) is 0 Å². The van der Waals surface area contributed by atoms with E-state index in [1.807, 2.05) is 72.9 Å². The molecule has 206 valence electrons. The first-order valence-electron chi connectivity index (χ1n) is 13.8. The molecular weight excluding hydrogens is 528 g/mol. The van der Waals surface area contributed by atoms with Crippen molar-refractivity contribution in [2.45, 2.75) is 39.3 Å². The molecule has 0 spiro atoms. The molecule has 2 N–H and O–H groups in total. The fraction of sp³-hybridized carbons (Fsp3) is 0.212. The van der Waals surface area contributed by atoms with Crippen LogP contribution in [0.3, 0.4) is 0 Å². The molecule has 7 nitrogen and oxygen atoms in total. The van der Waals surface area contributed by atoms with Crippen molar-refractivity contribution in [2.75, 3.05) is 11.9 Å². The van der Waals surface area contributed by atoms with Gasteiger partial charge in [-0.3, -0.25) is 9.78 Å². The molecule has 3 aromatic heterocycles. The number of aryl methyl sites for hydroxylation is 2. The monoisotopic (exact) mass is 560 g/mol. The maximum atomic E-state index is 13.2. The molecule has 1 amide bonds. The van der Waals surface area contributed by atoms with Crippen molar-refractivity contribution in [2.24, 2.45) is 0 Å².